The maximum Gasteiger partial charge on any atom is 0.259 e. The molecule has 5 rings (SSSR count). The van der Waals surface area contributed by atoms with Crippen LogP contribution in [0.5, 0.6) is 0 Å². The molecule has 2 aromatic carbocycles. The van der Waals surface area contributed by atoms with E-state index in [2.05, 4.69) is 5.10 Å². The second-order valence-electron chi connectivity index (χ2n) is 7.06. The van der Waals surface area contributed by atoms with Gasteiger partial charge in [0.1, 0.15) is 12.6 Å². The zero-order valence-corrected chi connectivity index (χ0v) is 15.8. The summed E-state index contributed by atoms with van der Waals surface area (Å²) in [6.07, 6.45) is 2.82. The van der Waals surface area contributed by atoms with E-state index in [1.54, 1.807) is 24.4 Å². The van der Waals surface area contributed by atoms with Crippen molar-refractivity contribution in [3.63, 3.8) is 0 Å². The van der Waals surface area contributed by atoms with E-state index in [0.717, 1.165) is 11.8 Å². The van der Waals surface area contributed by atoms with Crippen molar-refractivity contribution in [2.24, 2.45) is 7.05 Å². The maximum atomic E-state index is 14.2. The van der Waals surface area contributed by atoms with E-state index in [0.29, 0.717) is 27.9 Å². The first-order valence-electron chi connectivity index (χ1n) is 12.1. The van der Waals surface area contributed by atoms with Gasteiger partial charge in [-0.25, -0.2) is 4.57 Å². The van der Waals surface area contributed by atoms with Gasteiger partial charge >= 0.3 is 0 Å². The lowest BCUT2D eigenvalue weighted by molar-refractivity contribution is -0.660. The van der Waals surface area contributed by atoms with E-state index in [4.69, 9.17) is 12.6 Å². The number of fused-ring (bicyclic) bond motifs is 3. The van der Waals surface area contributed by atoms with Crippen LogP contribution in [-0.2, 0) is 7.05 Å². The highest BCUT2D eigenvalue weighted by Gasteiger charge is 2.23. The fraction of sp³-hybridized carbons (Fsp3) is 0.167. The van der Waals surface area contributed by atoms with E-state index < -0.39 is 19.5 Å². The van der Waals surface area contributed by atoms with E-state index in [1.807, 2.05) is 24.6 Å². The van der Waals surface area contributed by atoms with Gasteiger partial charge in [-0.2, -0.15) is 14.0 Å². The Balaban J connectivity index is 1.83. The Morgan fingerprint density at radius 1 is 1.07 bits per heavy atom. The number of benzene rings is 2. The smallest absolute Gasteiger partial charge is 0.259 e. The number of pyridine rings is 1. The van der Waals surface area contributed by atoms with Gasteiger partial charge in [-0.3, -0.25) is 0 Å². The van der Waals surface area contributed by atoms with Crippen LogP contribution in [0.25, 0.3) is 39.2 Å². The second kappa shape index (κ2) is 6.27. The molecule has 0 bridgehead atoms. The standard InChI is InChI=1S/C24H21FN3O/c1-14-6-5-7-15(2)21(14)17-10-11-27(4)20(12-17)22-16(3)8-9-19-23(22)29-24-18(25)13-26-28(19)24/h5-13H,1-4H3/q+1/i1D3,2D3. The fourth-order valence-electron chi connectivity index (χ4n) is 3.77. The normalized spacial score (nSPS) is 15.6. The molecule has 0 amide bonds. The first-order chi connectivity index (χ1) is 16.4. The topological polar surface area (TPSA) is 34.3 Å². The summed E-state index contributed by atoms with van der Waals surface area (Å²) >= 11 is 0. The van der Waals surface area contributed by atoms with Crippen LogP contribution in [0.2, 0.25) is 0 Å². The summed E-state index contributed by atoms with van der Waals surface area (Å²) in [5, 5.41) is 4.05. The number of aryl methyl sites for hydroxylation is 4. The molecular weight excluding hydrogens is 365 g/mol. The van der Waals surface area contributed by atoms with Crippen molar-refractivity contribution in [3.05, 3.63) is 77.4 Å². The predicted octanol–water partition coefficient (Wildman–Crippen LogP) is 5.30. The van der Waals surface area contributed by atoms with Gasteiger partial charge in [-0.1, -0.05) is 24.3 Å². The van der Waals surface area contributed by atoms with Crippen molar-refractivity contribution in [3.8, 4) is 22.4 Å². The average Bonchev–Trinajstić information content (AvgIpc) is 3.32. The third-order valence-electron chi connectivity index (χ3n) is 5.21. The molecule has 0 N–H and O–H groups in total. The Kier molecular flexibility index (Phi) is 2.63. The molecule has 0 fully saturated rings. The van der Waals surface area contributed by atoms with Crippen LogP contribution in [0, 0.1) is 26.4 Å². The molecule has 0 saturated heterocycles. The molecule has 3 aromatic heterocycles. The minimum atomic E-state index is -2.52. The summed E-state index contributed by atoms with van der Waals surface area (Å²) < 4.78 is 71.4. The molecule has 0 saturated carbocycles. The van der Waals surface area contributed by atoms with Crippen molar-refractivity contribution < 1.29 is 21.6 Å². The summed E-state index contributed by atoms with van der Waals surface area (Å²) in [5.74, 6) is -0.586. The van der Waals surface area contributed by atoms with Gasteiger partial charge in [0.05, 0.1) is 11.8 Å². The number of rotatable bonds is 2. The zero-order chi connectivity index (χ0) is 25.3. The Hall–Kier alpha value is -3.47. The minimum Gasteiger partial charge on any atom is -0.433 e. The fourth-order valence-corrected chi connectivity index (χ4v) is 3.77. The Morgan fingerprint density at radius 3 is 2.62 bits per heavy atom. The van der Waals surface area contributed by atoms with Gasteiger partial charge < -0.3 is 4.42 Å². The molecule has 0 radical (unpaired) electrons. The number of hydrogen-bond acceptors (Lipinski definition) is 2. The molecule has 0 aliphatic rings. The lowest BCUT2D eigenvalue weighted by atomic mass is 9.94. The predicted molar refractivity (Wildman–Crippen MR) is 111 cm³/mol. The SMILES string of the molecule is [2H]C([2H])([2H])c1cccc(C([2H])([2H])[2H])c1-c1cc[n+](C)c(-c2c(C)ccc3c2oc2c(F)cnn23)c1. The molecule has 0 atom stereocenters. The molecule has 4 nitrogen and oxygen atoms in total. The van der Waals surface area contributed by atoms with Gasteiger partial charge in [0.15, 0.2) is 11.8 Å². The number of nitrogens with zero attached hydrogens (tertiary/aromatic N) is 3. The van der Waals surface area contributed by atoms with E-state index in [-0.39, 0.29) is 22.4 Å². The summed E-state index contributed by atoms with van der Waals surface area (Å²) in [6, 6.07) is 11.4. The van der Waals surface area contributed by atoms with Crippen LogP contribution in [0.1, 0.15) is 24.9 Å². The quantitative estimate of drug-likeness (QED) is 0.382. The number of oxazole rings is 1. The van der Waals surface area contributed by atoms with Gasteiger partial charge in [0.25, 0.3) is 5.71 Å². The van der Waals surface area contributed by atoms with Crippen LogP contribution >= 0.6 is 0 Å². The molecule has 144 valence electrons. The highest BCUT2D eigenvalue weighted by Crippen LogP contribution is 2.35. The molecule has 0 aliphatic carbocycles. The first-order valence-corrected chi connectivity index (χ1v) is 9.07. The summed E-state index contributed by atoms with van der Waals surface area (Å²) in [7, 11) is 1.81. The van der Waals surface area contributed by atoms with E-state index >= 15 is 0 Å². The van der Waals surface area contributed by atoms with Crippen molar-refractivity contribution >= 4 is 16.8 Å². The summed E-state index contributed by atoms with van der Waals surface area (Å²) in [5.41, 5.74) is 3.62. The third-order valence-corrected chi connectivity index (χ3v) is 5.21. The van der Waals surface area contributed by atoms with E-state index in [1.165, 1.54) is 22.7 Å². The highest BCUT2D eigenvalue weighted by molar-refractivity contribution is 5.93. The maximum absolute atomic E-state index is 14.2. The van der Waals surface area contributed by atoms with Crippen molar-refractivity contribution in [1.29, 1.82) is 0 Å². The number of aromatic nitrogens is 3. The van der Waals surface area contributed by atoms with Crippen LogP contribution in [-0.4, -0.2) is 9.61 Å². The number of halogens is 1. The highest BCUT2D eigenvalue weighted by atomic mass is 19.1. The second-order valence-corrected chi connectivity index (χ2v) is 7.06. The van der Waals surface area contributed by atoms with Gasteiger partial charge in [-0.15, -0.1) is 0 Å². The van der Waals surface area contributed by atoms with Crippen LogP contribution in [0.3, 0.4) is 0 Å². The first kappa shape index (κ1) is 12.2. The molecule has 5 aromatic rings. The van der Waals surface area contributed by atoms with Crippen LogP contribution < -0.4 is 4.57 Å². The lowest BCUT2D eigenvalue weighted by Gasteiger charge is -2.11. The van der Waals surface area contributed by atoms with Gasteiger partial charge in [-0.05, 0) is 54.5 Å². The average molecular weight is 392 g/mol. The largest absolute Gasteiger partial charge is 0.433 e. The van der Waals surface area contributed by atoms with Crippen LogP contribution in [0.15, 0.2) is 59.3 Å². The molecule has 5 heteroatoms. The molecular formula is C24H21FN3O+. The third kappa shape index (κ3) is 2.58. The molecule has 29 heavy (non-hydrogen) atoms. The monoisotopic (exact) mass is 392 g/mol. The van der Waals surface area contributed by atoms with Gasteiger partial charge in [0.2, 0.25) is 11.5 Å². The van der Waals surface area contributed by atoms with Gasteiger partial charge in [0, 0.05) is 20.4 Å². The molecule has 0 unspecified atom stereocenters. The van der Waals surface area contributed by atoms with Crippen molar-refractivity contribution in [2.45, 2.75) is 20.6 Å². The Morgan fingerprint density at radius 2 is 1.86 bits per heavy atom. The lowest BCUT2D eigenvalue weighted by Crippen LogP contribution is -2.30. The van der Waals surface area contributed by atoms with Crippen LogP contribution in [0.4, 0.5) is 4.39 Å². The molecule has 0 spiro atoms. The molecule has 0 aliphatic heterocycles. The Labute approximate surface area is 176 Å². The summed E-state index contributed by atoms with van der Waals surface area (Å²) in [6.45, 7) is -3.16. The van der Waals surface area contributed by atoms with Crippen molar-refractivity contribution in [1.82, 2.24) is 9.61 Å². The zero-order valence-electron chi connectivity index (χ0n) is 21.8. The Bertz CT molecular complexity index is 1580. The minimum absolute atomic E-state index is 0.0110. The summed E-state index contributed by atoms with van der Waals surface area (Å²) in [4.78, 5) is 0. The number of hydrogen-bond donors (Lipinski definition) is 0. The van der Waals surface area contributed by atoms with Crippen molar-refractivity contribution in [2.75, 3.05) is 0 Å². The van der Waals surface area contributed by atoms with E-state index in [9.17, 15) is 4.39 Å². The molecule has 3 heterocycles.